The first kappa shape index (κ1) is 14.0. The molecule has 1 aliphatic carbocycles. The van der Waals surface area contributed by atoms with E-state index in [9.17, 15) is 0 Å². The molecule has 16 heavy (non-hydrogen) atoms. The van der Waals surface area contributed by atoms with Crippen molar-refractivity contribution in [1.82, 2.24) is 5.32 Å². The molecule has 0 aromatic heterocycles. The molecule has 1 aliphatic rings. The van der Waals surface area contributed by atoms with E-state index in [2.05, 4.69) is 26.1 Å². The van der Waals surface area contributed by atoms with Gasteiger partial charge in [-0.05, 0) is 31.2 Å². The van der Waals surface area contributed by atoms with E-state index in [1.54, 1.807) is 0 Å². The van der Waals surface area contributed by atoms with Crippen LogP contribution >= 0.6 is 0 Å². The Morgan fingerprint density at radius 3 is 2.25 bits per heavy atom. The van der Waals surface area contributed by atoms with Gasteiger partial charge in [0.2, 0.25) is 0 Å². The van der Waals surface area contributed by atoms with Gasteiger partial charge in [0.25, 0.3) is 0 Å². The first-order valence-corrected chi connectivity index (χ1v) is 6.96. The Hall–Kier alpha value is -0.0800. The Morgan fingerprint density at radius 1 is 1.19 bits per heavy atom. The lowest BCUT2D eigenvalue weighted by Crippen LogP contribution is -2.49. The summed E-state index contributed by atoms with van der Waals surface area (Å²) in [5, 5.41) is 3.66. The highest BCUT2D eigenvalue weighted by Crippen LogP contribution is 2.30. The number of hydrogen-bond acceptors (Lipinski definition) is 2. The van der Waals surface area contributed by atoms with Crippen molar-refractivity contribution in [2.75, 3.05) is 13.7 Å². The van der Waals surface area contributed by atoms with E-state index in [1.807, 2.05) is 7.11 Å². The summed E-state index contributed by atoms with van der Waals surface area (Å²) in [6, 6.07) is 0.551. The summed E-state index contributed by atoms with van der Waals surface area (Å²) in [5.41, 5.74) is 0. The summed E-state index contributed by atoms with van der Waals surface area (Å²) in [6.45, 7) is 7.78. The molecule has 2 heteroatoms. The Bertz CT molecular complexity index is 176. The van der Waals surface area contributed by atoms with Crippen LogP contribution in [0.15, 0.2) is 0 Å². The molecule has 0 aromatic rings. The average molecular weight is 227 g/mol. The standard InChI is InChI=1S/C14H29NO/c1-5-15-13(14(16-4)11(2)3)12-9-7-6-8-10-12/h11-15H,5-10H2,1-4H3. The first-order chi connectivity index (χ1) is 7.70. The van der Waals surface area contributed by atoms with E-state index in [0.717, 1.165) is 12.5 Å². The van der Waals surface area contributed by atoms with Gasteiger partial charge in [-0.2, -0.15) is 0 Å². The normalized spacial score (nSPS) is 22.3. The van der Waals surface area contributed by atoms with Crippen LogP contribution in [-0.2, 0) is 4.74 Å². The minimum absolute atomic E-state index is 0.364. The smallest absolute Gasteiger partial charge is 0.0749 e. The molecule has 2 unspecified atom stereocenters. The molecule has 0 bridgehead atoms. The Labute approximate surface area is 101 Å². The average Bonchev–Trinajstić information content (AvgIpc) is 2.29. The molecule has 0 saturated heterocycles. The predicted octanol–water partition coefficient (Wildman–Crippen LogP) is 3.22. The van der Waals surface area contributed by atoms with Gasteiger partial charge >= 0.3 is 0 Å². The maximum absolute atomic E-state index is 5.72. The monoisotopic (exact) mass is 227 g/mol. The van der Waals surface area contributed by atoms with Crippen LogP contribution in [0.4, 0.5) is 0 Å². The number of ether oxygens (including phenoxy) is 1. The second-order valence-electron chi connectivity index (χ2n) is 5.43. The van der Waals surface area contributed by atoms with Crippen molar-refractivity contribution in [3.8, 4) is 0 Å². The summed E-state index contributed by atoms with van der Waals surface area (Å²) in [7, 11) is 1.86. The highest BCUT2D eigenvalue weighted by molar-refractivity contribution is 4.87. The molecular weight excluding hydrogens is 198 g/mol. The second-order valence-corrected chi connectivity index (χ2v) is 5.43. The molecule has 0 amide bonds. The highest BCUT2D eigenvalue weighted by Gasteiger charge is 2.31. The van der Waals surface area contributed by atoms with Crippen molar-refractivity contribution >= 4 is 0 Å². The molecule has 1 fully saturated rings. The van der Waals surface area contributed by atoms with E-state index in [-0.39, 0.29) is 0 Å². The molecule has 1 N–H and O–H groups in total. The number of hydrogen-bond donors (Lipinski definition) is 1. The van der Waals surface area contributed by atoms with Crippen molar-refractivity contribution in [3.05, 3.63) is 0 Å². The van der Waals surface area contributed by atoms with E-state index in [4.69, 9.17) is 4.74 Å². The Kier molecular flexibility index (Phi) is 6.37. The predicted molar refractivity (Wildman–Crippen MR) is 69.7 cm³/mol. The molecular formula is C14H29NO. The molecule has 0 heterocycles. The van der Waals surface area contributed by atoms with Crippen molar-refractivity contribution in [3.63, 3.8) is 0 Å². The number of methoxy groups -OCH3 is 1. The molecule has 0 aliphatic heterocycles. The van der Waals surface area contributed by atoms with Gasteiger partial charge in [0.1, 0.15) is 0 Å². The zero-order chi connectivity index (χ0) is 12.0. The molecule has 96 valence electrons. The lowest BCUT2D eigenvalue weighted by atomic mass is 9.79. The van der Waals surface area contributed by atoms with Crippen molar-refractivity contribution in [1.29, 1.82) is 0 Å². The number of likely N-dealkylation sites (N-methyl/N-ethyl adjacent to an activating group) is 1. The van der Waals surface area contributed by atoms with Gasteiger partial charge in [-0.25, -0.2) is 0 Å². The minimum atomic E-state index is 0.364. The van der Waals surface area contributed by atoms with E-state index in [1.165, 1.54) is 32.1 Å². The van der Waals surface area contributed by atoms with Gasteiger partial charge in [0, 0.05) is 13.2 Å². The largest absolute Gasteiger partial charge is 0.380 e. The third kappa shape index (κ3) is 3.74. The molecule has 1 saturated carbocycles. The van der Waals surface area contributed by atoms with Gasteiger partial charge in [0.15, 0.2) is 0 Å². The SMILES string of the molecule is CCNC(C1CCCCC1)C(OC)C(C)C. The van der Waals surface area contributed by atoms with Crippen LogP contribution in [0.1, 0.15) is 52.9 Å². The first-order valence-electron chi connectivity index (χ1n) is 6.96. The van der Waals surface area contributed by atoms with Crippen LogP contribution in [-0.4, -0.2) is 25.8 Å². The van der Waals surface area contributed by atoms with Crippen LogP contribution < -0.4 is 5.32 Å². The molecule has 2 nitrogen and oxygen atoms in total. The van der Waals surface area contributed by atoms with Crippen LogP contribution in [0.2, 0.25) is 0 Å². The van der Waals surface area contributed by atoms with Crippen LogP contribution in [0.5, 0.6) is 0 Å². The van der Waals surface area contributed by atoms with E-state index in [0.29, 0.717) is 18.1 Å². The molecule has 2 atom stereocenters. The van der Waals surface area contributed by atoms with E-state index >= 15 is 0 Å². The number of rotatable bonds is 6. The van der Waals surface area contributed by atoms with Crippen molar-refractivity contribution in [2.24, 2.45) is 11.8 Å². The fourth-order valence-corrected chi connectivity index (χ4v) is 3.11. The van der Waals surface area contributed by atoms with Crippen molar-refractivity contribution < 1.29 is 4.74 Å². The fraction of sp³-hybridized carbons (Fsp3) is 1.00. The zero-order valence-corrected chi connectivity index (χ0v) is 11.5. The van der Waals surface area contributed by atoms with Crippen LogP contribution in [0.25, 0.3) is 0 Å². The minimum Gasteiger partial charge on any atom is -0.380 e. The summed E-state index contributed by atoms with van der Waals surface area (Å²) in [4.78, 5) is 0. The molecule has 0 spiro atoms. The Balaban J connectivity index is 2.62. The van der Waals surface area contributed by atoms with Crippen LogP contribution in [0.3, 0.4) is 0 Å². The molecule has 0 radical (unpaired) electrons. The maximum atomic E-state index is 5.72. The molecule has 1 rings (SSSR count). The van der Waals surface area contributed by atoms with Gasteiger partial charge in [-0.1, -0.05) is 40.0 Å². The van der Waals surface area contributed by atoms with Crippen molar-refractivity contribution in [2.45, 2.75) is 65.0 Å². The van der Waals surface area contributed by atoms with Gasteiger partial charge in [-0.15, -0.1) is 0 Å². The lowest BCUT2D eigenvalue weighted by molar-refractivity contribution is 0.00898. The van der Waals surface area contributed by atoms with Gasteiger partial charge in [-0.3, -0.25) is 0 Å². The molecule has 0 aromatic carbocycles. The summed E-state index contributed by atoms with van der Waals surface area (Å²) in [5.74, 6) is 1.41. The third-order valence-corrected chi connectivity index (χ3v) is 3.88. The summed E-state index contributed by atoms with van der Waals surface area (Å²) in [6.07, 6.45) is 7.36. The van der Waals surface area contributed by atoms with Gasteiger partial charge < -0.3 is 10.1 Å². The van der Waals surface area contributed by atoms with Crippen LogP contribution in [0, 0.1) is 11.8 Å². The summed E-state index contributed by atoms with van der Waals surface area (Å²) < 4.78 is 5.72. The third-order valence-electron chi connectivity index (χ3n) is 3.88. The fourth-order valence-electron chi connectivity index (χ4n) is 3.11. The van der Waals surface area contributed by atoms with E-state index < -0.39 is 0 Å². The Morgan fingerprint density at radius 2 is 1.81 bits per heavy atom. The highest BCUT2D eigenvalue weighted by atomic mass is 16.5. The topological polar surface area (TPSA) is 21.3 Å². The summed E-state index contributed by atoms with van der Waals surface area (Å²) >= 11 is 0. The second kappa shape index (κ2) is 7.29. The lowest BCUT2D eigenvalue weighted by Gasteiger charge is -2.37. The zero-order valence-electron chi connectivity index (χ0n) is 11.5. The quantitative estimate of drug-likeness (QED) is 0.752. The van der Waals surface area contributed by atoms with Gasteiger partial charge in [0.05, 0.1) is 6.10 Å². The maximum Gasteiger partial charge on any atom is 0.0749 e. The number of nitrogens with one attached hydrogen (secondary N) is 1.